The Balaban J connectivity index is 2.12. The van der Waals surface area contributed by atoms with Gasteiger partial charge in [-0.15, -0.1) is 0 Å². The first-order valence-corrected chi connectivity index (χ1v) is 7.06. The predicted molar refractivity (Wildman–Crippen MR) is 76.3 cm³/mol. The van der Waals surface area contributed by atoms with Crippen LogP contribution in [0.15, 0.2) is 18.2 Å². The number of halogens is 2. The van der Waals surface area contributed by atoms with E-state index >= 15 is 0 Å². The van der Waals surface area contributed by atoms with E-state index in [0.717, 1.165) is 31.4 Å². The molecular formula is C15H21F2NO3. The zero-order chi connectivity index (χ0) is 15.2. The summed E-state index contributed by atoms with van der Waals surface area (Å²) in [6, 6.07) is 5.12. The van der Waals surface area contributed by atoms with Crippen molar-refractivity contribution in [2.24, 2.45) is 0 Å². The number of benzene rings is 1. The topological polar surface area (TPSA) is 39.7 Å². The van der Waals surface area contributed by atoms with E-state index in [2.05, 4.69) is 10.1 Å². The van der Waals surface area contributed by atoms with E-state index in [-0.39, 0.29) is 23.6 Å². The number of alkyl halides is 2. The highest BCUT2D eigenvalue weighted by molar-refractivity contribution is 5.55. The highest BCUT2D eigenvalue weighted by Crippen LogP contribution is 2.33. The molecule has 0 saturated heterocycles. The largest absolute Gasteiger partial charge is 0.493 e. The number of ether oxygens (including phenoxy) is 3. The van der Waals surface area contributed by atoms with Crippen molar-refractivity contribution in [3.8, 4) is 11.5 Å². The molecule has 1 aromatic rings. The minimum absolute atomic E-state index is 0.0299. The number of hydrogen-bond donors (Lipinski definition) is 1. The molecule has 1 N–H and O–H groups in total. The van der Waals surface area contributed by atoms with Crippen LogP contribution in [0.2, 0.25) is 0 Å². The van der Waals surface area contributed by atoms with Crippen molar-refractivity contribution in [3.63, 3.8) is 0 Å². The molecule has 118 valence electrons. The highest BCUT2D eigenvalue weighted by Gasteiger charge is 2.25. The third-order valence-corrected chi connectivity index (χ3v) is 3.74. The second kappa shape index (κ2) is 7.45. The molecule has 1 aliphatic carbocycles. The first kappa shape index (κ1) is 15.8. The molecule has 1 aliphatic rings. The van der Waals surface area contributed by atoms with Crippen LogP contribution >= 0.6 is 0 Å². The minimum atomic E-state index is -2.88. The zero-order valence-corrected chi connectivity index (χ0v) is 12.3. The fraction of sp³-hybridized carbons (Fsp3) is 0.600. The lowest BCUT2D eigenvalue weighted by molar-refractivity contribution is -0.0511. The maximum Gasteiger partial charge on any atom is 0.387 e. The molecule has 1 aromatic carbocycles. The van der Waals surface area contributed by atoms with Crippen molar-refractivity contribution in [1.82, 2.24) is 0 Å². The number of nitrogens with one attached hydrogen (secondary N) is 1. The van der Waals surface area contributed by atoms with Crippen LogP contribution < -0.4 is 14.8 Å². The van der Waals surface area contributed by atoms with Gasteiger partial charge in [-0.3, -0.25) is 0 Å². The Kier molecular flexibility index (Phi) is 5.61. The molecule has 0 heterocycles. The van der Waals surface area contributed by atoms with E-state index in [1.165, 1.54) is 13.2 Å². The molecular weight excluding hydrogens is 280 g/mol. The number of rotatable bonds is 6. The molecule has 21 heavy (non-hydrogen) atoms. The molecule has 0 aromatic heterocycles. The molecule has 0 radical (unpaired) electrons. The van der Waals surface area contributed by atoms with Gasteiger partial charge >= 0.3 is 6.61 Å². The normalized spacial score (nSPS) is 22.1. The lowest BCUT2D eigenvalue weighted by atomic mass is 9.92. The van der Waals surface area contributed by atoms with Crippen molar-refractivity contribution in [2.75, 3.05) is 19.5 Å². The Labute approximate surface area is 123 Å². The molecule has 4 nitrogen and oxygen atoms in total. The van der Waals surface area contributed by atoms with E-state index in [9.17, 15) is 8.78 Å². The molecule has 2 rings (SSSR count). The van der Waals surface area contributed by atoms with Gasteiger partial charge in [0.1, 0.15) is 0 Å². The Morgan fingerprint density at radius 1 is 1.14 bits per heavy atom. The molecule has 2 unspecified atom stereocenters. The van der Waals surface area contributed by atoms with Crippen LogP contribution in [0.1, 0.15) is 25.7 Å². The van der Waals surface area contributed by atoms with Gasteiger partial charge in [0.2, 0.25) is 0 Å². The Morgan fingerprint density at radius 2 is 1.90 bits per heavy atom. The standard InChI is InChI=1S/C15H21F2NO3/c1-19-12-6-4-3-5-11(12)18-10-7-8-13(20-2)14(9-10)21-15(16)17/h7-9,11-12,15,18H,3-6H2,1-2H3. The second-order valence-corrected chi connectivity index (χ2v) is 5.05. The summed E-state index contributed by atoms with van der Waals surface area (Å²) in [5, 5.41) is 3.34. The quantitative estimate of drug-likeness (QED) is 0.870. The Bertz CT molecular complexity index is 457. The minimum Gasteiger partial charge on any atom is -0.493 e. The SMILES string of the molecule is COc1ccc(NC2CCCCC2OC)cc1OC(F)F. The Morgan fingerprint density at radius 3 is 2.57 bits per heavy atom. The van der Waals surface area contributed by atoms with Crippen LogP contribution in [-0.2, 0) is 4.74 Å². The monoisotopic (exact) mass is 301 g/mol. The van der Waals surface area contributed by atoms with Gasteiger partial charge in [0.25, 0.3) is 0 Å². The third kappa shape index (κ3) is 4.20. The summed E-state index contributed by atoms with van der Waals surface area (Å²) in [7, 11) is 3.12. The van der Waals surface area contributed by atoms with E-state index < -0.39 is 6.61 Å². The van der Waals surface area contributed by atoms with Crippen LogP contribution in [0.5, 0.6) is 11.5 Å². The zero-order valence-electron chi connectivity index (χ0n) is 12.3. The Hall–Kier alpha value is -1.56. The van der Waals surface area contributed by atoms with E-state index in [0.29, 0.717) is 0 Å². The summed E-state index contributed by atoms with van der Waals surface area (Å²) >= 11 is 0. The van der Waals surface area contributed by atoms with Crippen molar-refractivity contribution in [1.29, 1.82) is 0 Å². The first-order valence-electron chi connectivity index (χ1n) is 7.06. The van der Waals surface area contributed by atoms with Crippen molar-refractivity contribution >= 4 is 5.69 Å². The summed E-state index contributed by atoms with van der Waals surface area (Å²) in [6.45, 7) is -2.88. The van der Waals surface area contributed by atoms with Gasteiger partial charge in [-0.2, -0.15) is 8.78 Å². The predicted octanol–water partition coefficient (Wildman–Crippen LogP) is 3.67. The van der Waals surface area contributed by atoms with Gasteiger partial charge in [-0.05, 0) is 25.0 Å². The van der Waals surface area contributed by atoms with Crippen LogP contribution in [0.4, 0.5) is 14.5 Å². The van der Waals surface area contributed by atoms with E-state index in [4.69, 9.17) is 9.47 Å². The second-order valence-electron chi connectivity index (χ2n) is 5.05. The van der Waals surface area contributed by atoms with Crippen LogP contribution in [-0.4, -0.2) is 33.0 Å². The van der Waals surface area contributed by atoms with Gasteiger partial charge in [0, 0.05) is 18.9 Å². The van der Waals surface area contributed by atoms with Crippen LogP contribution in [0, 0.1) is 0 Å². The smallest absolute Gasteiger partial charge is 0.387 e. The summed E-state index contributed by atoms with van der Waals surface area (Å²) in [4.78, 5) is 0. The fourth-order valence-electron chi connectivity index (χ4n) is 2.71. The number of methoxy groups -OCH3 is 2. The van der Waals surface area contributed by atoms with Crippen molar-refractivity contribution < 1.29 is 23.0 Å². The maximum atomic E-state index is 12.4. The van der Waals surface area contributed by atoms with Gasteiger partial charge in [0.05, 0.1) is 19.3 Å². The molecule has 0 amide bonds. The van der Waals surface area contributed by atoms with Crippen molar-refractivity contribution in [2.45, 2.75) is 44.4 Å². The molecule has 1 fully saturated rings. The van der Waals surface area contributed by atoms with Gasteiger partial charge in [0.15, 0.2) is 11.5 Å². The molecule has 6 heteroatoms. The summed E-state index contributed by atoms with van der Waals surface area (Å²) in [6.07, 6.45) is 4.42. The van der Waals surface area contributed by atoms with Gasteiger partial charge < -0.3 is 19.5 Å². The van der Waals surface area contributed by atoms with E-state index in [1.54, 1.807) is 19.2 Å². The lowest BCUT2D eigenvalue weighted by Gasteiger charge is -2.32. The highest BCUT2D eigenvalue weighted by atomic mass is 19.3. The van der Waals surface area contributed by atoms with Crippen LogP contribution in [0.25, 0.3) is 0 Å². The summed E-state index contributed by atoms with van der Waals surface area (Å²) < 4.78 is 39.8. The maximum absolute atomic E-state index is 12.4. The van der Waals surface area contributed by atoms with Crippen molar-refractivity contribution in [3.05, 3.63) is 18.2 Å². The lowest BCUT2D eigenvalue weighted by Crippen LogP contribution is -2.37. The molecule has 0 spiro atoms. The summed E-state index contributed by atoms with van der Waals surface area (Å²) in [5.74, 6) is 0.315. The van der Waals surface area contributed by atoms with Gasteiger partial charge in [-0.25, -0.2) is 0 Å². The average Bonchev–Trinajstić information content (AvgIpc) is 2.47. The first-order chi connectivity index (χ1) is 10.1. The fourth-order valence-corrected chi connectivity index (χ4v) is 2.71. The number of anilines is 1. The summed E-state index contributed by atoms with van der Waals surface area (Å²) in [5.41, 5.74) is 0.723. The van der Waals surface area contributed by atoms with Gasteiger partial charge in [-0.1, -0.05) is 12.8 Å². The molecule has 1 saturated carbocycles. The average molecular weight is 301 g/mol. The van der Waals surface area contributed by atoms with Crippen LogP contribution in [0.3, 0.4) is 0 Å². The molecule has 0 aliphatic heterocycles. The number of hydrogen-bond acceptors (Lipinski definition) is 4. The molecule has 2 atom stereocenters. The third-order valence-electron chi connectivity index (χ3n) is 3.74. The molecule has 0 bridgehead atoms. The van der Waals surface area contributed by atoms with E-state index in [1.807, 2.05) is 0 Å².